The van der Waals surface area contributed by atoms with Gasteiger partial charge in [0.05, 0.1) is 18.2 Å². The second-order valence-electron chi connectivity index (χ2n) is 3.91. The highest BCUT2D eigenvalue weighted by molar-refractivity contribution is 9.10. The van der Waals surface area contributed by atoms with Crippen molar-refractivity contribution in [3.8, 4) is 17.3 Å². The van der Waals surface area contributed by atoms with Crippen LogP contribution in [0.3, 0.4) is 0 Å². The molecule has 96 valence electrons. The van der Waals surface area contributed by atoms with E-state index in [4.69, 9.17) is 4.74 Å². The molecule has 0 spiro atoms. The Hall–Kier alpha value is -1.95. The Morgan fingerprint density at radius 1 is 1.21 bits per heavy atom. The van der Waals surface area contributed by atoms with Crippen LogP contribution in [0.5, 0.6) is 5.88 Å². The number of nitrogens with one attached hydrogen (secondary N) is 1. The maximum Gasteiger partial charge on any atom is 0.215 e. The lowest BCUT2D eigenvalue weighted by atomic mass is 10.2. The van der Waals surface area contributed by atoms with E-state index in [0.717, 1.165) is 5.52 Å². The van der Waals surface area contributed by atoms with Crippen LogP contribution >= 0.6 is 15.9 Å². The molecule has 2 heterocycles. The van der Waals surface area contributed by atoms with E-state index in [1.807, 2.05) is 0 Å². The Morgan fingerprint density at radius 2 is 2.05 bits per heavy atom. The van der Waals surface area contributed by atoms with Crippen LogP contribution in [0.4, 0.5) is 4.39 Å². The zero-order valence-corrected chi connectivity index (χ0v) is 11.5. The standard InChI is InChI=1S/C13H9BrFN3O/c1-19-10-6-5-9-12(17-10)18-13(16-9)11-7(14)3-2-4-8(11)15/h2-6H,1H3,(H,16,17,18). The number of aromatic nitrogens is 3. The molecule has 0 radical (unpaired) electrons. The molecule has 1 N–H and O–H groups in total. The van der Waals surface area contributed by atoms with E-state index in [-0.39, 0.29) is 5.82 Å². The van der Waals surface area contributed by atoms with Crippen LogP contribution in [-0.4, -0.2) is 22.1 Å². The first-order valence-electron chi connectivity index (χ1n) is 5.54. The van der Waals surface area contributed by atoms with Gasteiger partial charge in [0.15, 0.2) is 5.65 Å². The Kier molecular flexibility index (Phi) is 2.94. The molecule has 0 fully saturated rings. The molecule has 3 aromatic rings. The number of hydrogen-bond acceptors (Lipinski definition) is 3. The van der Waals surface area contributed by atoms with Crippen LogP contribution < -0.4 is 4.74 Å². The number of benzene rings is 1. The van der Waals surface area contributed by atoms with Gasteiger partial charge in [-0.3, -0.25) is 0 Å². The summed E-state index contributed by atoms with van der Waals surface area (Å²) < 4.78 is 19.5. The van der Waals surface area contributed by atoms with Gasteiger partial charge in [-0.05, 0) is 34.1 Å². The maximum atomic E-state index is 13.9. The number of rotatable bonds is 2. The molecule has 6 heteroatoms. The minimum Gasteiger partial charge on any atom is -0.481 e. The summed E-state index contributed by atoms with van der Waals surface area (Å²) in [7, 11) is 1.54. The first kappa shape index (κ1) is 12.1. The molecule has 3 rings (SSSR count). The molecular weight excluding hydrogens is 313 g/mol. The van der Waals surface area contributed by atoms with Crippen molar-refractivity contribution in [1.29, 1.82) is 0 Å². The quantitative estimate of drug-likeness (QED) is 0.785. The Labute approximate surface area is 116 Å². The van der Waals surface area contributed by atoms with Gasteiger partial charge in [0.2, 0.25) is 5.88 Å². The summed E-state index contributed by atoms with van der Waals surface area (Å²) in [4.78, 5) is 11.5. The highest BCUT2D eigenvalue weighted by Gasteiger charge is 2.14. The SMILES string of the molecule is COc1ccc2[nH]c(-c3c(F)cccc3Br)nc2n1. The predicted octanol–water partition coefficient (Wildman–Crippen LogP) is 3.54. The molecule has 1 aromatic carbocycles. The van der Waals surface area contributed by atoms with E-state index in [1.54, 1.807) is 24.3 Å². The number of halogens is 2. The normalized spacial score (nSPS) is 10.9. The first-order valence-corrected chi connectivity index (χ1v) is 6.33. The van der Waals surface area contributed by atoms with Gasteiger partial charge >= 0.3 is 0 Å². The molecule has 19 heavy (non-hydrogen) atoms. The number of imidazole rings is 1. The lowest BCUT2D eigenvalue weighted by Crippen LogP contribution is -1.88. The van der Waals surface area contributed by atoms with Gasteiger partial charge in [0.25, 0.3) is 0 Å². The van der Waals surface area contributed by atoms with Crippen LogP contribution in [-0.2, 0) is 0 Å². The number of methoxy groups -OCH3 is 1. The van der Waals surface area contributed by atoms with E-state index in [9.17, 15) is 4.39 Å². The van der Waals surface area contributed by atoms with Gasteiger partial charge in [0.1, 0.15) is 11.6 Å². The second kappa shape index (κ2) is 4.62. The van der Waals surface area contributed by atoms with Crippen LogP contribution in [0.1, 0.15) is 0 Å². The van der Waals surface area contributed by atoms with Crippen molar-refractivity contribution in [2.75, 3.05) is 7.11 Å². The summed E-state index contributed by atoms with van der Waals surface area (Å²) in [6.07, 6.45) is 0. The number of aromatic amines is 1. The first-order chi connectivity index (χ1) is 9.19. The molecule has 0 aliphatic rings. The lowest BCUT2D eigenvalue weighted by molar-refractivity contribution is 0.399. The average molecular weight is 322 g/mol. The minimum atomic E-state index is -0.347. The highest BCUT2D eigenvalue weighted by Crippen LogP contribution is 2.30. The van der Waals surface area contributed by atoms with Crippen molar-refractivity contribution in [1.82, 2.24) is 15.0 Å². The van der Waals surface area contributed by atoms with Gasteiger partial charge in [-0.2, -0.15) is 4.98 Å². The number of pyridine rings is 1. The summed E-state index contributed by atoms with van der Waals surface area (Å²) >= 11 is 3.32. The third-order valence-corrected chi connectivity index (χ3v) is 3.39. The molecule has 0 bridgehead atoms. The zero-order valence-electron chi connectivity index (χ0n) is 9.95. The Bertz CT molecular complexity index is 736. The van der Waals surface area contributed by atoms with Crippen molar-refractivity contribution in [2.24, 2.45) is 0 Å². The van der Waals surface area contributed by atoms with Crippen LogP contribution in [0.15, 0.2) is 34.8 Å². The van der Waals surface area contributed by atoms with Gasteiger partial charge in [0, 0.05) is 10.5 Å². The Balaban J connectivity index is 2.21. The topological polar surface area (TPSA) is 50.8 Å². The fourth-order valence-electron chi connectivity index (χ4n) is 1.83. The number of H-pyrrole nitrogens is 1. The van der Waals surface area contributed by atoms with Gasteiger partial charge in [-0.1, -0.05) is 6.07 Å². The molecule has 4 nitrogen and oxygen atoms in total. The van der Waals surface area contributed by atoms with Crippen molar-refractivity contribution in [3.05, 3.63) is 40.6 Å². The van der Waals surface area contributed by atoms with E-state index in [0.29, 0.717) is 27.4 Å². The molecule has 2 aromatic heterocycles. The minimum absolute atomic E-state index is 0.347. The smallest absolute Gasteiger partial charge is 0.215 e. The summed E-state index contributed by atoms with van der Waals surface area (Å²) in [5.41, 5.74) is 1.61. The van der Waals surface area contributed by atoms with Crippen molar-refractivity contribution >= 4 is 27.1 Å². The van der Waals surface area contributed by atoms with Gasteiger partial charge in [-0.25, -0.2) is 9.37 Å². The largest absolute Gasteiger partial charge is 0.481 e. The van der Waals surface area contributed by atoms with Crippen LogP contribution in [0, 0.1) is 5.82 Å². The van der Waals surface area contributed by atoms with Gasteiger partial charge in [-0.15, -0.1) is 0 Å². The van der Waals surface area contributed by atoms with Crippen molar-refractivity contribution in [2.45, 2.75) is 0 Å². The molecule has 0 aliphatic carbocycles. The molecule has 0 atom stereocenters. The third-order valence-electron chi connectivity index (χ3n) is 2.73. The maximum absolute atomic E-state index is 13.9. The van der Waals surface area contributed by atoms with E-state index >= 15 is 0 Å². The summed E-state index contributed by atoms with van der Waals surface area (Å²) in [5.74, 6) is 0.555. The van der Waals surface area contributed by atoms with E-state index in [1.165, 1.54) is 13.2 Å². The van der Waals surface area contributed by atoms with E-state index in [2.05, 4.69) is 30.9 Å². The number of ether oxygens (including phenoxy) is 1. The van der Waals surface area contributed by atoms with Crippen molar-refractivity contribution in [3.63, 3.8) is 0 Å². The number of fused-ring (bicyclic) bond motifs is 1. The second-order valence-corrected chi connectivity index (χ2v) is 4.76. The fraction of sp³-hybridized carbons (Fsp3) is 0.0769. The van der Waals surface area contributed by atoms with Gasteiger partial charge < -0.3 is 9.72 Å². The summed E-state index contributed by atoms with van der Waals surface area (Å²) in [6, 6.07) is 8.31. The number of hydrogen-bond donors (Lipinski definition) is 1. The third kappa shape index (κ3) is 2.08. The summed E-state index contributed by atoms with van der Waals surface area (Å²) in [6.45, 7) is 0. The summed E-state index contributed by atoms with van der Waals surface area (Å²) in [5, 5.41) is 0. The highest BCUT2D eigenvalue weighted by atomic mass is 79.9. The monoisotopic (exact) mass is 321 g/mol. The number of nitrogens with zero attached hydrogens (tertiary/aromatic N) is 2. The molecule has 0 saturated carbocycles. The Morgan fingerprint density at radius 3 is 2.79 bits per heavy atom. The molecule has 0 aliphatic heterocycles. The fourth-order valence-corrected chi connectivity index (χ4v) is 2.36. The molecular formula is C13H9BrFN3O. The van der Waals surface area contributed by atoms with Crippen LogP contribution in [0.2, 0.25) is 0 Å². The van der Waals surface area contributed by atoms with E-state index < -0.39 is 0 Å². The zero-order chi connectivity index (χ0) is 13.4. The average Bonchev–Trinajstić information content (AvgIpc) is 2.80. The van der Waals surface area contributed by atoms with Crippen molar-refractivity contribution < 1.29 is 9.13 Å². The lowest BCUT2D eigenvalue weighted by Gasteiger charge is -2.01. The van der Waals surface area contributed by atoms with Crippen LogP contribution in [0.25, 0.3) is 22.6 Å². The predicted molar refractivity (Wildman–Crippen MR) is 73.5 cm³/mol. The molecule has 0 unspecified atom stereocenters. The molecule has 0 amide bonds. The molecule has 0 saturated heterocycles.